The van der Waals surface area contributed by atoms with E-state index >= 15 is 0 Å². The molecule has 1 amide bonds. The molecule has 3 N–H and O–H groups in total. The van der Waals surface area contributed by atoms with Gasteiger partial charge in [0.15, 0.2) is 5.82 Å². The minimum Gasteiger partial charge on any atom is -0.364 e. The number of carbonyl (C=O) groups excluding carboxylic acids is 1. The average Bonchev–Trinajstić information content (AvgIpc) is 2.82. The van der Waals surface area contributed by atoms with Gasteiger partial charge in [0.25, 0.3) is 5.91 Å². The first-order valence-electron chi connectivity index (χ1n) is 5.82. The molecule has 2 unspecified atom stereocenters. The van der Waals surface area contributed by atoms with Gasteiger partial charge >= 0.3 is 0 Å². The van der Waals surface area contributed by atoms with E-state index in [1.165, 1.54) is 0 Å². The largest absolute Gasteiger partial charge is 0.364 e. The van der Waals surface area contributed by atoms with E-state index in [1.54, 1.807) is 0 Å². The molecule has 1 saturated heterocycles. The molecule has 1 heterocycles. The molecule has 1 aliphatic rings. The normalized spacial score (nSPS) is 22.5. The Morgan fingerprint density at radius 2 is 2.21 bits per heavy atom. The number of benzene rings is 1. The van der Waals surface area contributed by atoms with E-state index in [-0.39, 0.29) is 16.8 Å². The molecule has 104 valence electrons. The number of carbonyl (C=O) groups is 1. The maximum atomic E-state index is 13.5. The Morgan fingerprint density at radius 1 is 1.47 bits per heavy atom. The summed E-state index contributed by atoms with van der Waals surface area (Å²) in [6.45, 7) is 0.329. The monoisotopic (exact) mass is 290 g/mol. The molecule has 2 atom stereocenters. The van der Waals surface area contributed by atoms with Crippen LogP contribution in [-0.2, 0) is 9.53 Å². The van der Waals surface area contributed by atoms with Gasteiger partial charge in [-0.15, -0.1) is 0 Å². The first kappa shape index (κ1) is 14.2. The molecule has 0 aromatic heterocycles. The Bertz CT molecular complexity index is 476. The van der Waals surface area contributed by atoms with E-state index in [0.29, 0.717) is 25.5 Å². The highest BCUT2D eigenvalue weighted by atomic mass is 35.5. The quantitative estimate of drug-likeness (QED) is 0.895. The van der Waals surface area contributed by atoms with Crippen LogP contribution in [0.25, 0.3) is 0 Å². The zero-order chi connectivity index (χ0) is 14.0. The summed E-state index contributed by atoms with van der Waals surface area (Å²) in [7, 11) is 0. The van der Waals surface area contributed by atoms with Crippen molar-refractivity contribution in [3.8, 4) is 0 Å². The molecule has 1 aliphatic heterocycles. The van der Waals surface area contributed by atoms with Gasteiger partial charge in [-0.05, 0) is 18.9 Å². The molecule has 2 rings (SSSR count). The minimum absolute atomic E-state index is 0.163. The Kier molecular flexibility index (Phi) is 4.34. The fourth-order valence-corrected chi connectivity index (χ4v) is 2.18. The second-order valence-electron chi connectivity index (χ2n) is 4.29. The zero-order valence-electron chi connectivity index (χ0n) is 9.96. The second-order valence-corrected chi connectivity index (χ2v) is 4.70. The molecule has 1 aromatic rings. The van der Waals surface area contributed by atoms with Crippen molar-refractivity contribution < 1.29 is 18.3 Å². The molecular weight excluding hydrogens is 278 g/mol. The van der Waals surface area contributed by atoms with E-state index in [9.17, 15) is 13.6 Å². The van der Waals surface area contributed by atoms with Crippen LogP contribution in [0.5, 0.6) is 0 Å². The third kappa shape index (κ3) is 3.20. The van der Waals surface area contributed by atoms with Crippen LogP contribution in [0.3, 0.4) is 0 Å². The van der Waals surface area contributed by atoms with Gasteiger partial charge in [-0.25, -0.2) is 8.78 Å². The van der Waals surface area contributed by atoms with Gasteiger partial charge in [0.05, 0.1) is 16.8 Å². The summed E-state index contributed by atoms with van der Waals surface area (Å²) in [6, 6.07) is 1.58. The second kappa shape index (κ2) is 5.81. The van der Waals surface area contributed by atoms with E-state index in [1.807, 2.05) is 0 Å². The highest BCUT2D eigenvalue weighted by molar-refractivity contribution is 6.33. The lowest BCUT2D eigenvalue weighted by Gasteiger charge is -2.14. The maximum Gasteiger partial charge on any atom is 0.253 e. The van der Waals surface area contributed by atoms with Gasteiger partial charge in [-0.3, -0.25) is 4.79 Å². The van der Waals surface area contributed by atoms with Gasteiger partial charge in [0.2, 0.25) is 0 Å². The van der Waals surface area contributed by atoms with Crippen molar-refractivity contribution in [3.05, 3.63) is 28.8 Å². The summed E-state index contributed by atoms with van der Waals surface area (Å²) in [6.07, 6.45) is 0.334. The van der Waals surface area contributed by atoms with Crippen molar-refractivity contribution in [2.75, 3.05) is 11.9 Å². The molecule has 0 bridgehead atoms. The minimum atomic E-state index is -0.924. The van der Waals surface area contributed by atoms with Crippen molar-refractivity contribution in [3.63, 3.8) is 0 Å². The Hall–Kier alpha value is -1.24. The topological polar surface area (TPSA) is 64.4 Å². The number of nitrogens with two attached hydrogens (primary N) is 1. The average molecular weight is 291 g/mol. The van der Waals surface area contributed by atoms with Crippen molar-refractivity contribution >= 4 is 23.2 Å². The lowest BCUT2D eigenvalue weighted by Crippen LogP contribution is -2.30. The standard InChI is InChI=1S/C12H13ClF2N2O2/c13-8-3-6(14)4-9(15)11(8)17-12(18)10-2-1-7(5-16)19-10/h3-4,7,10H,1-2,5,16H2,(H,17,18). The molecule has 4 nitrogen and oxygen atoms in total. The zero-order valence-corrected chi connectivity index (χ0v) is 10.7. The van der Waals surface area contributed by atoms with Crippen LogP contribution >= 0.6 is 11.6 Å². The summed E-state index contributed by atoms with van der Waals surface area (Å²) in [5.74, 6) is -2.24. The number of rotatable bonds is 3. The van der Waals surface area contributed by atoms with Crippen molar-refractivity contribution in [2.45, 2.75) is 25.0 Å². The molecule has 0 aliphatic carbocycles. The highest BCUT2D eigenvalue weighted by Gasteiger charge is 2.30. The van der Waals surface area contributed by atoms with Crippen LogP contribution in [0.15, 0.2) is 12.1 Å². The van der Waals surface area contributed by atoms with Gasteiger partial charge < -0.3 is 15.8 Å². The summed E-state index contributed by atoms with van der Waals surface area (Å²) in [4.78, 5) is 11.9. The van der Waals surface area contributed by atoms with Gasteiger partial charge in [0, 0.05) is 12.6 Å². The van der Waals surface area contributed by atoms with Gasteiger partial charge in [-0.1, -0.05) is 11.6 Å². The first-order chi connectivity index (χ1) is 9.01. The Balaban J connectivity index is 2.08. The number of nitrogens with one attached hydrogen (secondary N) is 1. The lowest BCUT2D eigenvalue weighted by molar-refractivity contribution is -0.126. The molecule has 0 saturated carbocycles. The van der Waals surface area contributed by atoms with Crippen LogP contribution < -0.4 is 11.1 Å². The fraction of sp³-hybridized carbons (Fsp3) is 0.417. The SMILES string of the molecule is NCC1CCC(C(=O)Nc2c(F)cc(F)cc2Cl)O1. The van der Waals surface area contributed by atoms with E-state index in [0.717, 1.165) is 6.07 Å². The number of hydrogen-bond acceptors (Lipinski definition) is 3. The number of hydrogen-bond donors (Lipinski definition) is 2. The molecule has 7 heteroatoms. The van der Waals surface area contributed by atoms with Crippen molar-refractivity contribution in [2.24, 2.45) is 5.73 Å². The first-order valence-corrected chi connectivity index (χ1v) is 6.20. The van der Waals surface area contributed by atoms with Crippen molar-refractivity contribution in [1.29, 1.82) is 0 Å². The lowest BCUT2D eigenvalue weighted by atomic mass is 10.2. The predicted octanol–water partition coefficient (Wildman–Crippen LogP) is 2.06. The Labute approximate surface area is 113 Å². The summed E-state index contributed by atoms with van der Waals surface area (Å²) < 4.78 is 31.7. The smallest absolute Gasteiger partial charge is 0.253 e. The summed E-state index contributed by atoms with van der Waals surface area (Å²) >= 11 is 5.69. The number of amides is 1. The van der Waals surface area contributed by atoms with Crippen LogP contribution in [0, 0.1) is 11.6 Å². The summed E-state index contributed by atoms with van der Waals surface area (Å²) in [5, 5.41) is 2.12. The molecule has 0 radical (unpaired) electrons. The predicted molar refractivity (Wildman–Crippen MR) is 66.9 cm³/mol. The van der Waals surface area contributed by atoms with E-state index in [2.05, 4.69) is 5.32 Å². The van der Waals surface area contributed by atoms with Crippen molar-refractivity contribution in [1.82, 2.24) is 0 Å². The maximum absolute atomic E-state index is 13.5. The van der Waals surface area contributed by atoms with Crippen LogP contribution in [0.1, 0.15) is 12.8 Å². The summed E-state index contributed by atoms with van der Waals surface area (Å²) in [5.41, 5.74) is 5.19. The molecule has 0 spiro atoms. The number of anilines is 1. The third-order valence-electron chi connectivity index (χ3n) is 2.92. The number of halogens is 3. The van der Waals surface area contributed by atoms with Crippen LogP contribution in [-0.4, -0.2) is 24.7 Å². The van der Waals surface area contributed by atoms with Crippen LogP contribution in [0.2, 0.25) is 5.02 Å². The molecular formula is C12H13ClF2N2O2. The van der Waals surface area contributed by atoms with Gasteiger partial charge in [0.1, 0.15) is 11.9 Å². The fourth-order valence-electron chi connectivity index (χ4n) is 1.94. The third-order valence-corrected chi connectivity index (χ3v) is 3.22. The van der Waals surface area contributed by atoms with E-state index < -0.39 is 23.6 Å². The number of ether oxygens (including phenoxy) is 1. The Morgan fingerprint density at radius 3 is 2.79 bits per heavy atom. The molecule has 19 heavy (non-hydrogen) atoms. The van der Waals surface area contributed by atoms with E-state index in [4.69, 9.17) is 22.1 Å². The highest BCUT2D eigenvalue weighted by Crippen LogP contribution is 2.28. The van der Waals surface area contributed by atoms with Crippen LogP contribution in [0.4, 0.5) is 14.5 Å². The molecule has 1 fully saturated rings. The molecule has 1 aromatic carbocycles. The van der Waals surface area contributed by atoms with Gasteiger partial charge in [-0.2, -0.15) is 0 Å².